The van der Waals surface area contributed by atoms with Gasteiger partial charge in [-0.05, 0) is 18.9 Å². The summed E-state index contributed by atoms with van der Waals surface area (Å²) in [5.41, 5.74) is 1.26. The van der Waals surface area contributed by atoms with Crippen LogP contribution in [0.1, 0.15) is 32.3 Å². The summed E-state index contributed by atoms with van der Waals surface area (Å²) in [5, 5.41) is 3.44. The van der Waals surface area contributed by atoms with Gasteiger partial charge in [-0.2, -0.15) is 0 Å². The minimum Gasteiger partial charge on any atom is -0.359 e. The first-order chi connectivity index (χ1) is 8.65. The Morgan fingerprint density at radius 1 is 1.50 bits per heavy atom. The minimum absolute atomic E-state index is 0.490. The van der Waals surface area contributed by atoms with Crippen LogP contribution in [0.2, 0.25) is 0 Å². The van der Waals surface area contributed by atoms with Crippen molar-refractivity contribution in [2.45, 2.75) is 39.3 Å². The topological polar surface area (TPSA) is 28.2 Å². The molecule has 0 atom stereocenters. The highest BCUT2D eigenvalue weighted by molar-refractivity contribution is 5.45. The van der Waals surface area contributed by atoms with Crippen LogP contribution in [0, 0.1) is 0 Å². The molecule has 0 radical (unpaired) electrons. The van der Waals surface area contributed by atoms with Gasteiger partial charge in [-0.1, -0.05) is 26.0 Å². The molecule has 0 spiro atoms. The Bertz CT molecular complexity index is 361. The highest BCUT2D eigenvalue weighted by Crippen LogP contribution is 2.16. The molecule has 0 fully saturated rings. The van der Waals surface area contributed by atoms with Gasteiger partial charge < -0.3 is 10.2 Å². The predicted octanol–water partition coefficient (Wildman–Crippen LogP) is 2.98. The van der Waals surface area contributed by atoms with Crippen LogP contribution in [-0.4, -0.2) is 24.6 Å². The van der Waals surface area contributed by atoms with Crippen LogP contribution < -0.4 is 10.2 Å². The molecule has 0 aliphatic carbocycles. The van der Waals surface area contributed by atoms with Crippen molar-refractivity contribution in [3.63, 3.8) is 0 Å². The third-order valence-corrected chi connectivity index (χ3v) is 2.83. The van der Waals surface area contributed by atoms with E-state index < -0.39 is 0 Å². The number of hydrogen-bond donors (Lipinski definition) is 1. The van der Waals surface area contributed by atoms with Crippen molar-refractivity contribution in [3.8, 4) is 0 Å². The van der Waals surface area contributed by atoms with Gasteiger partial charge in [0.25, 0.3) is 0 Å². The van der Waals surface area contributed by atoms with E-state index in [1.807, 2.05) is 18.3 Å². The molecule has 18 heavy (non-hydrogen) atoms. The summed E-state index contributed by atoms with van der Waals surface area (Å²) in [4.78, 5) is 6.72. The zero-order chi connectivity index (χ0) is 13.4. The summed E-state index contributed by atoms with van der Waals surface area (Å²) >= 11 is 0. The highest BCUT2D eigenvalue weighted by atomic mass is 15.2. The molecule has 1 rings (SSSR count). The molecule has 1 aromatic rings. The number of unbranched alkanes of at least 4 members (excludes halogenated alkanes) is 1. The molecule has 1 N–H and O–H groups in total. The molecule has 0 saturated carbocycles. The number of hydrogen-bond acceptors (Lipinski definition) is 3. The van der Waals surface area contributed by atoms with Crippen LogP contribution >= 0.6 is 0 Å². The fourth-order valence-corrected chi connectivity index (χ4v) is 1.80. The van der Waals surface area contributed by atoms with Crippen molar-refractivity contribution in [2.24, 2.45) is 0 Å². The SMILES string of the molecule is C=CCCCN(C)c1ncccc1CNC(C)C. The van der Waals surface area contributed by atoms with E-state index in [1.165, 1.54) is 5.56 Å². The maximum atomic E-state index is 4.50. The average molecular weight is 247 g/mol. The van der Waals surface area contributed by atoms with Gasteiger partial charge in [-0.25, -0.2) is 4.98 Å². The smallest absolute Gasteiger partial charge is 0.132 e. The van der Waals surface area contributed by atoms with Crippen molar-refractivity contribution >= 4 is 5.82 Å². The molecular formula is C15H25N3. The molecule has 0 bridgehead atoms. The summed E-state index contributed by atoms with van der Waals surface area (Å²) in [7, 11) is 2.10. The van der Waals surface area contributed by atoms with Crippen molar-refractivity contribution in [3.05, 3.63) is 36.5 Å². The molecule has 0 aliphatic rings. The highest BCUT2D eigenvalue weighted by Gasteiger charge is 2.08. The Morgan fingerprint density at radius 3 is 2.94 bits per heavy atom. The Labute approximate surface area is 111 Å². The Kier molecular flexibility index (Phi) is 6.44. The Morgan fingerprint density at radius 2 is 2.28 bits per heavy atom. The molecule has 1 aromatic heterocycles. The van der Waals surface area contributed by atoms with Crippen molar-refractivity contribution in [2.75, 3.05) is 18.5 Å². The van der Waals surface area contributed by atoms with Crippen LogP contribution in [0.5, 0.6) is 0 Å². The van der Waals surface area contributed by atoms with E-state index in [4.69, 9.17) is 0 Å². The molecule has 0 aliphatic heterocycles. The first-order valence-corrected chi connectivity index (χ1v) is 6.64. The maximum absolute atomic E-state index is 4.50. The summed E-state index contributed by atoms with van der Waals surface area (Å²) in [6.07, 6.45) is 6.00. The molecule has 0 saturated heterocycles. The number of anilines is 1. The van der Waals surface area contributed by atoms with Crippen LogP contribution in [0.3, 0.4) is 0 Å². The van der Waals surface area contributed by atoms with E-state index in [0.717, 1.165) is 31.7 Å². The number of aromatic nitrogens is 1. The van der Waals surface area contributed by atoms with Crippen molar-refractivity contribution in [1.82, 2.24) is 10.3 Å². The lowest BCUT2D eigenvalue weighted by Gasteiger charge is -2.21. The van der Waals surface area contributed by atoms with Crippen molar-refractivity contribution < 1.29 is 0 Å². The summed E-state index contributed by atoms with van der Waals surface area (Å²) in [6, 6.07) is 4.63. The minimum atomic E-state index is 0.490. The average Bonchev–Trinajstić information content (AvgIpc) is 2.37. The van der Waals surface area contributed by atoms with Crippen LogP contribution in [-0.2, 0) is 6.54 Å². The summed E-state index contributed by atoms with van der Waals surface area (Å²) in [6.45, 7) is 9.95. The lowest BCUT2D eigenvalue weighted by Crippen LogP contribution is -2.26. The Hall–Kier alpha value is -1.35. The van der Waals surface area contributed by atoms with E-state index in [-0.39, 0.29) is 0 Å². The third kappa shape index (κ3) is 4.88. The Balaban J connectivity index is 2.64. The first-order valence-electron chi connectivity index (χ1n) is 6.64. The van der Waals surface area contributed by atoms with E-state index >= 15 is 0 Å². The zero-order valence-electron chi connectivity index (χ0n) is 11.8. The van der Waals surface area contributed by atoms with Crippen LogP contribution in [0.15, 0.2) is 31.0 Å². The predicted molar refractivity (Wildman–Crippen MR) is 78.9 cm³/mol. The quantitative estimate of drug-likeness (QED) is 0.565. The van der Waals surface area contributed by atoms with E-state index in [9.17, 15) is 0 Å². The van der Waals surface area contributed by atoms with E-state index in [1.54, 1.807) is 0 Å². The number of pyridine rings is 1. The molecule has 0 unspecified atom stereocenters. The second-order valence-electron chi connectivity index (χ2n) is 4.87. The zero-order valence-corrected chi connectivity index (χ0v) is 11.8. The van der Waals surface area contributed by atoms with Crippen LogP contribution in [0.25, 0.3) is 0 Å². The fraction of sp³-hybridized carbons (Fsp3) is 0.533. The summed E-state index contributed by atoms with van der Waals surface area (Å²) < 4.78 is 0. The number of allylic oxidation sites excluding steroid dienone is 1. The fourth-order valence-electron chi connectivity index (χ4n) is 1.80. The molecule has 3 heteroatoms. The lowest BCUT2D eigenvalue weighted by atomic mass is 10.2. The van der Waals surface area contributed by atoms with Gasteiger partial charge in [0, 0.05) is 37.9 Å². The molecule has 0 amide bonds. The van der Waals surface area contributed by atoms with Gasteiger partial charge >= 0.3 is 0 Å². The molecule has 100 valence electrons. The second kappa shape index (κ2) is 7.88. The normalized spacial score (nSPS) is 10.7. The van der Waals surface area contributed by atoms with Gasteiger partial charge in [0.1, 0.15) is 5.82 Å². The largest absolute Gasteiger partial charge is 0.359 e. The number of rotatable bonds is 8. The third-order valence-electron chi connectivity index (χ3n) is 2.83. The second-order valence-corrected chi connectivity index (χ2v) is 4.87. The molecule has 3 nitrogen and oxygen atoms in total. The maximum Gasteiger partial charge on any atom is 0.132 e. The molecular weight excluding hydrogens is 222 g/mol. The first kappa shape index (κ1) is 14.7. The summed E-state index contributed by atoms with van der Waals surface area (Å²) in [5.74, 6) is 1.08. The van der Waals surface area contributed by atoms with Gasteiger partial charge in [-0.15, -0.1) is 6.58 Å². The molecule has 1 heterocycles. The number of nitrogens with zero attached hydrogens (tertiary/aromatic N) is 2. The monoisotopic (exact) mass is 247 g/mol. The van der Waals surface area contributed by atoms with Gasteiger partial charge in [0.2, 0.25) is 0 Å². The van der Waals surface area contributed by atoms with E-state index in [2.05, 4.69) is 48.7 Å². The van der Waals surface area contributed by atoms with Crippen LogP contribution in [0.4, 0.5) is 5.82 Å². The lowest BCUT2D eigenvalue weighted by molar-refractivity contribution is 0.587. The number of nitrogens with one attached hydrogen (secondary N) is 1. The standard InChI is InChI=1S/C15H25N3/c1-5-6-7-11-18(4)15-14(9-8-10-16-15)12-17-13(2)3/h5,8-10,13,17H,1,6-7,11-12H2,2-4H3. The van der Waals surface area contributed by atoms with E-state index in [0.29, 0.717) is 6.04 Å². The van der Waals surface area contributed by atoms with Gasteiger partial charge in [0.15, 0.2) is 0 Å². The van der Waals surface area contributed by atoms with Gasteiger partial charge in [-0.3, -0.25) is 0 Å². The molecule has 0 aromatic carbocycles. The van der Waals surface area contributed by atoms with Crippen molar-refractivity contribution in [1.29, 1.82) is 0 Å². The van der Waals surface area contributed by atoms with Gasteiger partial charge in [0.05, 0.1) is 0 Å².